The molecule has 26 heavy (non-hydrogen) atoms. The first-order chi connectivity index (χ1) is 12.6. The second kappa shape index (κ2) is 12.1. The van der Waals surface area contributed by atoms with Crippen molar-refractivity contribution in [1.29, 1.82) is 0 Å². The fourth-order valence-electron chi connectivity index (χ4n) is 3.25. The molecule has 1 aromatic rings. The normalized spacial score (nSPS) is 23.4. The van der Waals surface area contributed by atoms with Crippen molar-refractivity contribution in [1.82, 2.24) is 4.98 Å². The molecule has 0 fully saturated rings. The summed E-state index contributed by atoms with van der Waals surface area (Å²) in [5.74, 6) is -0.0716. The second-order valence-electron chi connectivity index (χ2n) is 7.23. The summed E-state index contributed by atoms with van der Waals surface area (Å²) in [4.78, 5) is 16.8. The summed E-state index contributed by atoms with van der Waals surface area (Å²) >= 11 is 1.64. The lowest BCUT2D eigenvalue weighted by Gasteiger charge is -2.17. The van der Waals surface area contributed by atoms with E-state index >= 15 is 0 Å². The summed E-state index contributed by atoms with van der Waals surface area (Å²) in [5, 5.41) is 3.10. The number of aryl methyl sites for hydroxylation is 1. The lowest BCUT2D eigenvalue weighted by Crippen LogP contribution is -2.19. The molecule has 0 spiro atoms. The average Bonchev–Trinajstić information content (AvgIpc) is 3.01. The van der Waals surface area contributed by atoms with Crippen molar-refractivity contribution in [3.63, 3.8) is 0 Å². The molecule has 1 aromatic heterocycles. The summed E-state index contributed by atoms with van der Waals surface area (Å²) in [6.07, 6.45) is 18.5. The van der Waals surface area contributed by atoms with E-state index < -0.39 is 0 Å². The molecule has 1 aliphatic heterocycles. The van der Waals surface area contributed by atoms with Gasteiger partial charge in [-0.2, -0.15) is 0 Å². The van der Waals surface area contributed by atoms with Crippen molar-refractivity contribution in [2.45, 2.75) is 90.6 Å². The number of nitrogens with zero attached hydrogens (tertiary/aromatic N) is 1. The predicted octanol–water partition coefficient (Wildman–Crippen LogP) is 6.63. The highest BCUT2D eigenvalue weighted by Gasteiger charge is 2.15. The summed E-state index contributed by atoms with van der Waals surface area (Å²) in [5.41, 5.74) is 2.02. The van der Waals surface area contributed by atoms with Crippen molar-refractivity contribution in [3.8, 4) is 0 Å². The number of carbonyl (C=O) groups excluding carboxylic acids is 1. The molecular weight excluding hydrogens is 342 g/mol. The molecule has 0 aliphatic carbocycles. The van der Waals surface area contributed by atoms with Gasteiger partial charge in [-0.25, -0.2) is 4.98 Å². The molecule has 0 radical (unpaired) electrons. The van der Waals surface area contributed by atoms with Gasteiger partial charge >= 0.3 is 5.97 Å². The van der Waals surface area contributed by atoms with Gasteiger partial charge in [-0.1, -0.05) is 50.7 Å². The minimum absolute atomic E-state index is 0.0716. The maximum Gasteiger partial charge on any atom is 0.306 e. The Labute approximate surface area is 162 Å². The summed E-state index contributed by atoms with van der Waals surface area (Å²) < 4.78 is 5.81. The molecule has 0 aromatic carbocycles. The lowest BCUT2D eigenvalue weighted by molar-refractivity contribution is -0.147. The summed E-state index contributed by atoms with van der Waals surface area (Å²) in [6.45, 7) is 4.05. The smallest absolute Gasteiger partial charge is 0.306 e. The minimum atomic E-state index is -0.186. The van der Waals surface area contributed by atoms with Gasteiger partial charge in [-0.05, 0) is 44.8 Å². The van der Waals surface area contributed by atoms with Crippen molar-refractivity contribution in [3.05, 3.63) is 33.8 Å². The molecule has 0 unspecified atom stereocenters. The lowest BCUT2D eigenvalue weighted by atomic mass is 10.0. The van der Waals surface area contributed by atoms with Gasteiger partial charge in [0.25, 0.3) is 0 Å². The van der Waals surface area contributed by atoms with E-state index in [1.54, 1.807) is 11.3 Å². The van der Waals surface area contributed by atoms with Crippen LogP contribution in [0.5, 0.6) is 0 Å². The van der Waals surface area contributed by atoms with Crippen molar-refractivity contribution in [2.24, 2.45) is 0 Å². The van der Waals surface area contributed by atoms with Crippen LogP contribution in [0, 0.1) is 6.92 Å². The third-order valence-electron chi connectivity index (χ3n) is 4.81. The van der Waals surface area contributed by atoms with Crippen LogP contribution in [0.2, 0.25) is 0 Å². The number of esters is 1. The molecule has 4 heteroatoms. The van der Waals surface area contributed by atoms with Crippen LogP contribution in [0.25, 0.3) is 6.08 Å². The third kappa shape index (κ3) is 8.31. The zero-order valence-electron chi connectivity index (χ0n) is 16.3. The molecular formula is C22H33NO2S. The number of carbonyl (C=O) groups is 1. The Bertz CT molecular complexity index is 603. The zero-order valence-corrected chi connectivity index (χ0v) is 17.2. The Morgan fingerprint density at radius 3 is 2.50 bits per heavy atom. The molecule has 0 saturated heterocycles. The topological polar surface area (TPSA) is 39.2 Å². The fraction of sp³-hybridized carbons (Fsp3) is 0.636. The number of hydrogen-bond acceptors (Lipinski definition) is 4. The van der Waals surface area contributed by atoms with Crippen LogP contribution in [0.15, 0.2) is 23.1 Å². The maximum atomic E-state index is 12.3. The third-order valence-corrected chi connectivity index (χ3v) is 5.60. The first-order valence-electron chi connectivity index (χ1n) is 10.1. The number of cyclic esters (lactones) is 1. The van der Waals surface area contributed by atoms with Crippen LogP contribution in [-0.4, -0.2) is 17.1 Å². The minimum Gasteiger partial charge on any atom is -0.457 e. The van der Waals surface area contributed by atoms with Crippen LogP contribution in [0.3, 0.4) is 0 Å². The molecule has 0 bridgehead atoms. The van der Waals surface area contributed by atoms with Gasteiger partial charge in [-0.3, -0.25) is 4.79 Å². The van der Waals surface area contributed by atoms with Gasteiger partial charge in [-0.15, -0.1) is 11.3 Å². The van der Waals surface area contributed by atoms with E-state index in [0.29, 0.717) is 6.42 Å². The maximum absolute atomic E-state index is 12.3. The number of allylic oxidation sites excluding steroid dienone is 1. The highest BCUT2D eigenvalue weighted by molar-refractivity contribution is 7.09. The van der Waals surface area contributed by atoms with Crippen LogP contribution in [-0.2, 0) is 9.53 Å². The van der Waals surface area contributed by atoms with Gasteiger partial charge in [0.05, 0.1) is 10.7 Å². The molecule has 0 saturated carbocycles. The number of rotatable bonds is 2. The first-order valence-corrected chi connectivity index (χ1v) is 11.0. The van der Waals surface area contributed by atoms with Crippen LogP contribution in [0.4, 0.5) is 0 Å². The summed E-state index contributed by atoms with van der Waals surface area (Å²) in [7, 11) is 0. The predicted molar refractivity (Wildman–Crippen MR) is 110 cm³/mol. The molecule has 1 atom stereocenters. The van der Waals surface area contributed by atoms with Crippen molar-refractivity contribution in [2.75, 3.05) is 0 Å². The molecule has 0 amide bonds. The van der Waals surface area contributed by atoms with Gasteiger partial charge in [0.15, 0.2) is 0 Å². The zero-order chi connectivity index (χ0) is 18.6. The monoisotopic (exact) mass is 375 g/mol. The summed E-state index contributed by atoms with van der Waals surface area (Å²) in [6, 6.07) is 0. The van der Waals surface area contributed by atoms with E-state index in [0.717, 1.165) is 42.0 Å². The van der Waals surface area contributed by atoms with Crippen molar-refractivity contribution >= 4 is 23.4 Å². The Morgan fingerprint density at radius 2 is 1.81 bits per heavy atom. The molecule has 3 nitrogen and oxygen atoms in total. The molecule has 0 N–H and O–H groups in total. The highest BCUT2D eigenvalue weighted by atomic mass is 32.1. The van der Waals surface area contributed by atoms with Crippen LogP contribution >= 0.6 is 11.3 Å². The number of thiazole rings is 1. The number of hydrogen-bond donors (Lipinski definition) is 0. The number of aromatic nitrogens is 1. The van der Waals surface area contributed by atoms with Gasteiger partial charge in [0, 0.05) is 18.2 Å². The van der Waals surface area contributed by atoms with E-state index in [9.17, 15) is 4.79 Å². The molecule has 1 aliphatic rings. The van der Waals surface area contributed by atoms with Crippen LogP contribution in [0.1, 0.15) is 88.3 Å². The van der Waals surface area contributed by atoms with E-state index in [1.807, 2.05) is 25.3 Å². The number of ether oxygens (including phenoxy) is 1. The van der Waals surface area contributed by atoms with Gasteiger partial charge in [0.2, 0.25) is 0 Å². The Kier molecular flexibility index (Phi) is 9.68. The molecule has 2 rings (SSSR count). The SMILES string of the molecule is C/C(=C\c1csc(C)n1)[C@@H]1C/C=C\CCCCCCCCCCC(=O)O1. The first kappa shape index (κ1) is 20.9. The Balaban J connectivity index is 2.01. The molecule has 144 valence electrons. The van der Waals surface area contributed by atoms with Gasteiger partial charge in [0.1, 0.15) is 6.10 Å². The molecule has 2 heterocycles. The standard InChI is InChI=1S/C22H33NO2S/c1-18(16-20-17-26-19(2)23-20)21-14-12-10-8-6-4-3-5-7-9-11-13-15-22(24)25-21/h10,12,16-17,21H,3-9,11,13-15H2,1-2H3/b12-10-,18-16+/t21-/m0/s1. The fourth-order valence-corrected chi connectivity index (χ4v) is 3.82. The van der Waals surface area contributed by atoms with Crippen molar-refractivity contribution < 1.29 is 9.53 Å². The highest BCUT2D eigenvalue weighted by Crippen LogP contribution is 2.19. The van der Waals surface area contributed by atoms with Crippen LogP contribution < -0.4 is 0 Å². The van der Waals surface area contributed by atoms with E-state index in [2.05, 4.69) is 17.1 Å². The average molecular weight is 376 g/mol. The largest absolute Gasteiger partial charge is 0.457 e. The quantitative estimate of drug-likeness (QED) is 0.430. The van der Waals surface area contributed by atoms with E-state index in [1.165, 1.54) is 38.5 Å². The van der Waals surface area contributed by atoms with E-state index in [4.69, 9.17) is 4.74 Å². The van der Waals surface area contributed by atoms with E-state index in [-0.39, 0.29) is 12.1 Å². The second-order valence-corrected chi connectivity index (χ2v) is 8.29. The Hall–Kier alpha value is -1.42. The van der Waals surface area contributed by atoms with Gasteiger partial charge < -0.3 is 4.74 Å². The Morgan fingerprint density at radius 1 is 1.12 bits per heavy atom.